The van der Waals surface area contributed by atoms with E-state index in [2.05, 4.69) is 21.6 Å². The number of fused-ring (bicyclic) bond motifs is 3. The van der Waals surface area contributed by atoms with Crippen molar-refractivity contribution in [1.82, 2.24) is 10.2 Å². The predicted octanol–water partition coefficient (Wildman–Crippen LogP) is 5.03. The highest BCUT2D eigenvalue weighted by Crippen LogP contribution is 2.55. The first kappa shape index (κ1) is 24.6. The van der Waals surface area contributed by atoms with E-state index in [1.165, 1.54) is 41.3 Å². The van der Waals surface area contributed by atoms with Gasteiger partial charge in [0, 0.05) is 39.7 Å². The van der Waals surface area contributed by atoms with Gasteiger partial charge in [0.2, 0.25) is 11.0 Å². The number of aromatic nitrogens is 2. The molecule has 6 rings (SSSR count). The molecule has 0 saturated heterocycles. The topological polar surface area (TPSA) is 125 Å². The minimum atomic E-state index is -1.82. The van der Waals surface area contributed by atoms with Gasteiger partial charge in [0.05, 0.1) is 5.57 Å². The Morgan fingerprint density at radius 2 is 2.00 bits per heavy atom. The molecule has 1 spiro atoms. The molecule has 2 aromatic carbocycles. The molecule has 3 aliphatic rings. The minimum absolute atomic E-state index is 0.0291. The lowest BCUT2D eigenvalue weighted by molar-refractivity contribution is -0.122. The first-order chi connectivity index (χ1) is 18.3. The molecular formula is C26H18ClFN6O2S2. The van der Waals surface area contributed by atoms with Crippen LogP contribution in [0.2, 0.25) is 5.02 Å². The van der Waals surface area contributed by atoms with Crippen molar-refractivity contribution in [3.05, 3.63) is 87.1 Å². The number of Topliss-reactive ketones (excluding diaryl/α,β-unsaturated/α-hetero) is 1. The number of anilines is 2. The molecule has 1 amide bonds. The third-order valence-electron chi connectivity index (χ3n) is 6.85. The van der Waals surface area contributed by atoms with Crippen LogP contribution in [0.4, 0.5) is 15.2 Å². The zero-order valence-electron chi connectivity index (χ0n) is 19.6. The van der Waals surface area contributed by atoms with Gasteiger partial charge in [-0.05, 0) is 48.7 Å². The summed E-state index contributed by atoms with van der Waals surface area (Å²) >= 11 is 8.71. The van der Waals surface area contributed by atoms with Gasteiger partial charge in [-0.25, -0.2) is 4.39 Å². The quantitative estimate of drug-likeness (QED) is 0.422. The summed E-state index contributed by atoms with van der Waals surface area (Å²) in [6.07, 6.45) is 1.16. The molecule has 0 bridgehead atoms. The van der Waals surface area contributed by atoms with Crippen LogP contribution in [-0.2, 0) is 20.8 Å². The van der Waals surface area contributed by atoms with E-state index >= 15 is 0 Å². The zero-order chi connectivity index (χ0) is 26.6. The van der Waals surface area contributed by atoms with E-state index in [1.54, 1.807) is 4.90 Å². The summed E-state index contributed by atoms with van der Waals surface area (Å²) in [7, 11) is 0. The molecule has 1 unspecified atom stereocenters. The van der Waals surface area contributed by atoms with Gasteiger partial charge in [-0.3, -0.25) is 14.5 Å². The summed E-state index contributed by atoms with van der Waals surface area (Å²) in [5.41, 5.74) is 6.87. The number of carbonyl (C=O) groups is 2. The summed E-state index contributed by atoms with van der Waals surface area (Å²) in [5, 5.41) is 22.7. The zero-order valence-corrected chi connectivity index (χ0v) is 22.0. The Morgan fingerprint density at radius 1 is 1.21 bits per heavy atom. The van der Waals surface area contributed by atoms with Crippen molar-refractivity contribution in [2.24, 2.45) is 5.73 Å². The number of ketones is 1. The Morgan fingerprint density at radius 3 is 2.76 bits per heavy atom. The van der Waals surface area contributed by atoms with Crippen molar-refractivity contribution >= 4 is 57.2 Å². The van der Waals surface area contributed by atoms with E-state index in [1.807, 2.05) is 24.3 Å². The molecule has 3 aromatic rings. The molecule has 190 valence electrons. The largest absolute Gasteiger partial charge is 0.384 e. The van der Waals surface area contributed by atoms with Crippen LogP contribution in [0.15, 0.2) is 69.5 Å². The number of allylic oxidation sites excluding steroid dienone is 1. The number of nitriles is 1. The van der Waals surface area contributed by atoms with Crippen molar-refractivity contribution in [3.8, 4) is 6.07 Å². The fourth-order valence-corrected chi connectivity index (χ4v) is 7.22. The van der Waals surface area contributed by atoms with E-state index in [0.717, 1.165) is 5.56 Å². The van der Waals surface area contributed by atoms with Crippen molar-refractivity contribution in [2.75, 3.05) is 10.2 Å². The average molecular weight is 565 g/mol. The van der Waals surface area contributed by atoms with Crippen LogP contribution < -0.4 is 16.0 Å². The van der Waals surface area contributed by atoms with E-state index in [0.29, 0.717) is 44.5 Å². The second-order valence-electron chi connectivity index (χ2n) is 8.97. The second kappa shape index (κ2) is 9.23. The fraction of sp³-hybridized carbons (Fsp3) is 0.192. The molecule has 12 heteroatoms. The SMILES string of the molecule is N#CC1=C(N)N(c2nnc(SCc3ccc(Cl)cc3)s2)C2=C(C(=O)CCC2)C12C(=O)Nc1ccc(F)cc12. The number of carbonyl (C=O) groups excluding carboxylic acids is 2. The van der Waals surface area contributed by atoms with E-state index in [4.69, 9.17) is 17.3 Å². The molecule has 2 aliphatic heterocycles. The first-order valence-corrected chi connectivity index (χ1v) is 13.8. The summed E-state index contributed by atoms with van der Waals surface area (Å²) in [5.74, 6) is -0.867. The van der Waals surface area contributed by atoms with Gasteiger partial charge in [-0.2, -0.15) is 5.26 Å². The van der Waals surface area contributed by atoms with Gasteiger partial charge in [0.25, 0.3) is 0 Å². The van der Waals surface area contributed by atoms with Crippen LogP contribution in [0.5, 0.6) is 0 Å². The van der Waals surface area contributed by atoms with Gasteiger partial charge in [-0.15, -0.1) is 10.2 Å². The number of thioether (sulfide) groups is 1. The Kier molecular flexibility index (Phi) is 5.98. The molecular weight excluding hydrogens is 547 g/mol. The number of hydrogen-bond donors (Lipinski definition) is 2. The summed E-state index contributed by atoms with van der Waals surface area (Å²) < 4.78 is 15.1. The van der Waals surface area contributed by atoms with Gasteiger partial charge < -0.3 is 11.1 Å². The number of benzene rings is 2. The number of nitrogens with one attached hydrogen (secondary N) is 1. The number of halogens is 2. The summed E-state index contributed by atoms with van der Waals surface area (Å²) in [4.78, 5) is 28.7. The Balaban J connectivity index is 1.46. The van der Waals surface area contributed by atoms with Crippen molar-refractivity contribution < 1.29 is 14.0 Å². The Hall–Kier alpha value is -3.72. The van der Waals surface area contributed by atoms with Gasteiger partial charge >= 0.3 is 0 Å². The maximum atomic E-state index is 14.4. The molecule has 3 heterocycles. The average Bonchev–Trinajstić information content (AvgIpc) is 3.47. The maximum absolute atomic E-state index is 14.4. The minimum Gasteiger partial charge on any atom is -0.384 e. The highest BCUT2D eigenvalue weighted by molar-refractivity contribution is 8.00. The van der Waals surface area contributed by atoms with Gasteiger partial charge in [-0.1, -0.05) is 46.8 Å². The summed E-state index contributed by atoms with van der Waals surface area (Å²) in [6, 6.07) is 13.4. The lowest BCUT2D eigenvalue weighted by Crippen LogP contribution is -2.50. The molecule has 0 radical (unpaired) electrons. The first-order valence-electron chi connectivity index (χ1n) is 11.6. The molecule has 0 fully saturated rings. The van der Waals surface area contributed by atoms with E-state index in [-0.39, 0.29) is 34.7 Å². The number of hydrogen-bond acceptors (Lipinski definition) is 9. The summed E-state index contributed by atoms with van der Waals surface area (Å²) in [6.45, 7) is 0. The van der Waals surface area contributed by atoms with Crippen molar-refractivity contribution in [1.29, 1.82) is 5.26 Å². The standard InChI is InChI=1S/C26H18ClFN6O2S2/c27-14-6-4-13(5-7-14)12-37-25-33-32-24(38-25)34-19-2-1-3-20(35)21(19)26(17(11-29)22(34)30)16-10-15(28)8-9-18(16)31-23(26)36/h4-10H,1-3,12,30H2,(H,31,36). The maximum Gasteiger partial charge on any atom is 0.245 e. The molecule has 3 N–H and O–H groups in total. The van der Waals surface area contributed by atoms with Crippen molar-refractivity contribution in [3.63, 3.8) is 0 Å². The van der Waals surface area contributed by atoms with Crippen LogP contribution in [0.1, 0.15) is 30.4 Å². The third kappa shape index (κ3) is 3.63. The highest BCUT2D eigenvalue weighted by atomic mass is 35.5. The van der Waals surface area contributed by atoms with Crippen LogP contribution in [0, 0.1) is 17.1 Å². The molecule has 0 saturated carbocycles. The van der Waals surface area contributed by atoms with Gasteiger partial charge in [0.15, 0.2) is 10.1 Å². The van der Waals surface area contributed by atoms with Crippen molar-refractivity contribution in [2.45, 2.75) is 34.8 Å². The highest BCUT2D eigenvalue weighted by Gasteiger charge is 2.60. The molecule has 1 atom stereocenters. The normalized spacial score (nSPS) is 20.5. The number of nitrogens with two attached hydrogens (primary N) is 1. The fourth-order valence-electron chi connectivity index (χ4n) is 5.26. The Bertz CT molecular complexity index is 1630. The molecule has 1 aliphatic carbocycles. The number of nitrogens with zero attached hydrogens (tertiary/aromatic N) is 4. The lowest BCUT2D eigenvalue weighted by atomic mass is 9.64. The molecule has 1 aromatic heterocycles. The van der Waals surface area contributed by atoms with E-state index < -0.39 is 17.1 Å². The smallest absolute Gasteiger partial charge is 0.245 e. The lowest BCUT2D eigenvalue weighted by Gasteiger charge is -2.42. The second-order valence-corrected chi connectivity index (χ2v) is 11.6. The number of amides is 1. The van der Waals surface area contributed by atoms with Crippen LogP contribution >= 0.6 is 34.7 Å². The third-order valence-corrected chi connectivity index (χ3v) is 9.22. The van der Waals surface area contributed by atoms with Gasteiger partial charge in [0.1, 0.15) is 23.1 Å². The van der Waals surface area contributed by atoms with E-state index in [9.17, 15) is 19.2 Å². The molecule has 8 nitrogen and oxygen atoms in total. The molecule has 38 heavy (non-hydrogen) atoms. The Labute approximate surface area is 230 Å². The number of rotatable bonds is 4. The predicted molar refractivity (Wildman–Crippen MR) is 143 cm³/mol. The van der Waals surface area contributed by atoms with Crippen LogP contribution in [-0.4, -0.2) is 21.9 Å². The van der Waals surface area contributed by atoms with Crippen LogP contribution in [0.25, 0.3) is 0 Å². The van der Waals surface area contributed by atoms with Crippen LogP contribution in [0.3, 0.4) is 0 Å². The monoisotopic (exact) mass is 564 g/mol.